The number of thioether (sulfide) groups is 1. The quantitative estimate of drug-likeness (QED) is 0.804. The van der Waals surface area contributed by atoms with Crippen LogP contribution in [0.4, 0.5) is 0 Å². The van der Waals surface area contributed by atoms with Gasteiger partial charge in [-0.25, -0.2) is 9.97 Å². The zero-order valence-corrected chi connectivity index (χ0v) is 10.3. The molecule has 2 N–H and O–H groups in total. The Hall–Kier alpha value is -0.610. The highest BCUT2D eigenvalue weighted by molar-refractivity contribution is 7.99. The minimum absolute atomic E-state index is 0.657. The van der Waals surface area contributed by atoms with Gasteiger partial charge in [-0.2, -0.15) is 11.8 Å². The van der Waals surface area contributed by atoms with E-state index < -0.39 is 0 Å². The van der Waals surface area contributed by atoms with Crippen LogP contribution in [-0.2, 0) is 12.2 Å². The third kappa shape index (κ3) is 4.62. The Morgan fingerprint density at radius 1 is 1.40 bits per heavy atom. The molecule has 4 heteroatoms. The van der Waals surface area contributed by atoms with Gasteiger partial charge < -0.3 is 5.73 Å². The van der Waals surface area contributed by atoms with Gasteiger partial charge in [0.2, 0.25) is 0 Å². The number of nitrogens with two attached hydrogens (primary N) is 1. The first-order chi connectivity index (χ1) is 7.26. The number of aromatic nitrogens is 2. The Kier molecular flexibility index (Phi) is 5.65. The molecule has 1 heterocycles. The maximum absolute atomic E-state index is 5.46. The van der Waals surface area contributed by atoms with E-state index in [1.165, 1.54) is 6.42 Å². The van der Waals surface area contributed by atoms with Crippen LogP contribution in [-0.4, -0.2) is 21.8 Å². The second kappa shape index (κ2) is 6.80. The summed E-state index contributed by atoms with van der Waals surface area (Å²) in [4.78, 5) is 8.63. The van der Waals surface area contributed by atoms with Crippen molar-refractivity contribution in [3.05, 3.63) is 23.8 Å². The van der Waals surface area contributed by atoms with E-state index in [1.54, 1.807) is 0 Å². The van der Waals surface area contributed by atoms with Crippen LogP contribution in [0.3, 0.4) is 0 Å². The number of hydrogen-bond acceptors (Lipinski definition) is 4. The predicted molar refractivity (Wildman–Crippen MR) is 65.8 cm³/mol. The molecule has 0 aliphatic heterocycles. The van der Waals surface area contributed by atoms with Crippen molar-refractivity contribution in [2.45, 2.75) is 37.7 Å². The van der Waals surface area contributed by atoms with Gasteiger partial charge >= 0.3 is 0 Å². The molecule has 0 spiro atoms. The molecule has 0 aromatic carbocycles. The molecule has 0 aliphatic rings. The molecule has 0 saturated heterocycles. The van der Waals surface area contributed by atoms with Crippen molar-refractivity contribution in [1.82, 2.24) is 9.97 Å². The van der Waals surface area contributed by atoms with Gasteiger partial charge in [-0.3, -0.25) is 0 Å². The standard InChI is InChI=1S/C11H19N3S/c1-3-9(2)15-8-11-13-6-10(4-5-12)7-14-11/h6-7,9H,3-5,8,12H2,1-2H3. The van der Waals surface area contributed by atoms with Crippen molar-refractivity contribution in [2.75, 3.05) is 6.54 Å². The van der Waals surface area contributed by atoms with Crippen LogP contribution < -0.4 is 5.73 Å². The van der Waals surface area contributed by atoms with Crippen LogP contribution in [0.5, 0.6) is 0 Å². The van der Waals surface area contributed by atoms with Crippen molar-refractivity contribution in [1.29, 1.82) is 0 Å². The van der Waals surface area contributed by atoms with Crippen LogP contribution in [0, 0.1) is 0 Å². The summed E-state index contributed by atoms with van der Waals surface area (Å²) in [5.41, 5.74) is 6.58. The predicted octanol–water partition coefficient (Wildman–Crippen LogP) is 2.01. The second-order valence-electron chi connectivity index (χ2n) is 3.58. The third-order valence-corrected chi connectivity index (χ3v) is 3.59. The summed E-state index contributed by atoms with van der Waals surface area (Å²) in [6, 6.07) is 0. The van der Waals surface area contributed by atoms with Gasteiger partial charge in [0, 0.05) is 17.6 Å². The summed E-state index contributed by atoms with van der Waals surface area (Å²) in [5.74, 6) is 1.82. The van der Waals surface area contributed by atoms with Gasteiger partial charge in [0.1, 0.15) is 5.82 Å². The van der Waals surface area contributed by atoms with Crippen LogP contribution in [0.15, 0.2) is 12.4 Å². The number of rotatable bonds is 6. The van der Waals surface area contributed by atoms with Crippen LogP contribution in [0.1, 0.15) is 31.7 Å². The van der Waals surface area contributed by atoms with Crippen LogP contribution >= 0.6 is 11.8 Å². The first-order valence-electron chi connectivity index (χ1n) is 5.37. The average Bonchev–Trinajstić information content (AvgIpc) is 2.28. The molecular weight excluding hydrogens is 206 g/mol. The first kappa shape index (κ1) is 12.5. The molecule has 0 saturated carbocycles. The van der Waals surface area contributed by atoms with E-state index in [0.29, 0.717) is 11.8 Å². The summed E-state index contributed by atoms with van der Waals surface area (Å²) in [6.45, 7) is 5.08. The summed E-state index contributed by atoms with van der Waals surface area (Å²) in [6.07, 6.45) is 5.81. The Morgan fingerprint density at radius 2 is 2.07 bits per heavy atom. The lowest BCUT2D eigenvalue weighted by Crippen LogP contribution is -2.04. The van der Waals surface area contributed by atoms with E-state index in [4.69, 9.17) is 5.73 Å². The molecule has 0 radical (unpaired) electrons. The summed E-state index contributed by atoms with van der Waals surface area (Å²) >= 11 is 1.90. The smallest absolute Gasteiger partial charge is 0.138 e. The number of hydrogen-bond donors (Lipinski definition) is 1. The summed E-state index contributed by atoms with van der Waals surface area (Å²) in [7, 11) is 0. The van der Waals surface area contributed by atoms with Crippen LogP contribution in [0.2, 0.25) is 0 Å². The minimum Gasteiger partial charge on any atom is -0.330 e. The van der Waals surface area contributed by atoms with Gasteiger partial charge in [0.25, 0.3) is 0 Å². The highest BCUT2D eigenvalue weighted by Gasteiger charge is 2.02. The van der Waals surface area contributed by atoms with E-state index in [0.717, 1.165) is 23.6 Å². The SMILES string of the molecule is CCC(C)SCc1ncc(CCN)cn1. The minimum atomic E-state index is 0.657. The fourth-order valence-electron chi connectivity index (χ4n) is 1.09. The maximum Gasteiger partial charge on any atom is 0.138 e. The summed E-state index contributed by atoms with van der Waals surface area (Å²) in [5, 5.41) is 0.678. The molecule has 1 aromatic rings. The lowest BCUT2D eigenvalue weighted by atomic mass is 10.2. The Bertz CT molecular complexity index is 274. The molecule has 1 atom stereocenters. The van der Waals surface area contributed by atoms with Gasteiger partial charge in [0.15, 0.2) is 0 Å². The zero-order chi connectivity index (χ0) is 11.1. The molecular formula is C11H19N3S. The lowest BCUT2D eigenvalue weighted by Gasteiger charge is -2.06. The fraction of sp³-hybridized carbons (Fsp3) is 0.636. The largest absolute Gasteiger partial charge is 0.330 e. The molecule has 1 rings (SSSR count). The van der Waals surface area contributed by atoms with E-state index in [9.17, 15) is 0 Å². The van der Waals surface area contributed by atoms with Gasteiger partial charge in [-0.15, -0.1) is 0 Å². The lowest BCUT2D eigenvalue weighted by molar-refractivity contribution is 0.895. The molecule has 0 aliphatic carbocycles. The van der Waals surface area contributed by atoms with E-state index >= 15 is 0 Å². The monoisotopic (exact) mass is 225 g/mol. The third-order valence-electron chi connectivity index (χ3n) is 2.26. The normalized spacial score (nSPS) is 12.7. The molecule has 0 bridgehead atoms. The molecule has 1 aromatic heterocycles. The molecule has 0 fully saturated rings. The fourth-order valence-corrected chi connectivity index (χ4v) is 1.90. The van der Waals surface area contributed by atoms with Crippen molar-refractivity contribution < 1.29 is 0 Å². The highest BCUT2D eigenvalue weighted by atomic mass is 32.2. The molecule has 15 heavy (non-hydrogen) atoms. The second-order valence-corrected chi connectivity index (χ2v) is 5.00. The van der Waals surface area contributed by atoms with Crippen LogP contribution in [0.25, 0.3) is 0 Å². The van der Waals surface area contributed by atoms with Gasteiger partial charge in [-0.05, 0) is 24.9 Å². The highest BCUT2D eigenvalue weighted by Crippen LogP contribution is 2.17. The average molecular weight is 225 g/mol. The summed E-state index contributed by atoms with van der Waals surface area (Å²) < 4.78 is 0. The van der Waals surface area contributed by atoms with Crippen molar-refractivity contribution in [3.8, 4) is 0 Å². The van der Waals surface area contributed by atoms with E-state index in [2.05, 4.69) is 23.8 Å². The van der Waals surface area contributed by atoms with E-state index in [-0.39, 0.29) is 0 Å². The van der Waals surface area contributed by atoms with Crippen molar-refractivity contribution >= 4 is 11.8 Å². The molecule has 0 amide bonds. The zero-order valence-electron chi connectivity index (χ0n) is 9.44. The van der Waals surface area contributed by atoms with Crippen molar-refractivity contribution in [3.63, 3.8) is 0 Å². The Labute approximate surface area is 95.9 Å². The van der Waals surface area contributed by atoms with Gasteiger partial charge in [0.05, 0.1) is 5.75 Å². The molecule has 3 nitrogen and oxygen atoms in total. The molecule has 84 valence electrons. The van der Waals surface area contributed by atoms with E-state index in [1.807, 2.05) is 24.2 Å². The first-order valence-corrected chi connectivity index (χ1v) is 6.42. The topological polar surface area (TPSA) is 51.8 Å². The van der Waals surface area contributed by atoms with Crippen molar-refractivity contribution in [2.24, 2.45) is 5.73 Å². The Morgan fingerprint density at radius 3 is 2.60 bits per heavy atom. The number of nitrogens with zero attached hydrogens (tertiary/aromatic N) is 2. The van der Waals surface area contributed by atoms with Gasteiger partial charge in [-0.1, -0.05) is 13.8 Å². The molecule has 1 unspecified atom stereocenters. The maximum atomic E-state index is 5.46. The Balaban J connectivity index is 2.42.